The Bertz CT molecular complexity index is 3850. The van der Waals surface area contributed by atoms with Crippen LogP contribution in [0.25, 0.3) is 126 Å². The second-order valence-electron chi connectivity index (χ2n) is 16.4. The first-order valence-electron chi connectivity index (χ1n) is 21.3. The van der Waals surface area contributed by atoms with Gasteiger partial charge in [0, 0.05) is 38.4 Å². The van der Waals surface area contributed by atoms with Crippen LogP contribution in [0, 0.1) is 0 Å². The van der Waals surface area contributed by atoms with Crippen LogP contribution in [0.2, 0.25) is 0 Å². The molecule has 2 nitrogen and oxygen atoms in total. The van der Waals surface area contributed by atoms with Crippen LogP contribution in [0.4, 0.5) is 0 Å². The zero-order valence-electron chi connectivity index (χ0n) is 33.7. The number of aromatic nitrogens is 1. The third kappa shape index (κ3) is 5.23. The molecule has 0 amide bonds. The molecule has 0 aliphatic carbocycles. The largest absolute Gasteiger partial charge is 0.455 e. The maximum atomic E-state index is 6.93. The van der Waals surface area contributed by atoms with E-state index in [1.54, 1.807) is 0 Å². The summed E-state index contributed by atoms with van der Waals surface area (Å²) in [4.78, 5) is 0. The first-order valence-corrected chi connectivity index (χ1v) is 21.3. The molecule has 2 heteroatoms. The van der Waals surface area contributed by atoms with Gasteiger partial charge in [0.05, 0.1) is 11.0 Å². The minimum absolute atomic E-state index is 0.909. The molecule has 0 aliphatic rings. The second-order valence-corrected chi connectivity index (χ2v) is 16.4. The lowest BCUT2D eigenvalue weighted by Crippen LogP contribution is -1.94. The van der Waals surface area contributed by atoms with Crippen LogP contribution in [-0.4, -0.2) is 4.57 Å². The van der Waals surface area contributed by atoms with E-state index in [-0.39, 0.29) is 0 Å². The Hall–Kier alpha value is -8.20. The summed E-state index contributed by atoms with van der Waals surface area (Å²) in [5.74, 6) is 0. The smallest absolute Gasteiger partial charge is 0.143 e. The van der Waals surface area contributed by atoms with Gasteiger partial charge in [0.25, 0.3) is 0 Å². The van der Waals surface area contributed by atoms with Gasteiger partial charge < -0.3 is 8.98 Å². The van der Waals surface area contributed by atoms with Crippen molar-refractivity contribution in [2.45, 2.75) is 0 Å². The first kappa shape index (κ1) is 34.6. The van der Waals surface area contributed by atoms with E-state index < -0.39 is 0 Å². The van der Waals surface area contributed by atoms with E-state index in [2.05, 4.69) is 229 Å². The maximum absolute atomic E-state index is 6.93. The van der Waals surface area contributed by atoms with Crippen molar-refractivity contribution in [2.75, 3.05) is 0 Å². The van der Waals surface area contributed by atoms with Crippen molar-refractivity contribution in [2.24, 2.45) is 0 Å². The van der Waals surface area contributed by atoms with Crippen molar-refractivity contribution in [3.8, 4) is 50.2 Å². The van der Waals surface area contributed by atoms with Crippen LogP contribution in [-0.2, 0) is 0 Å². The molecular formula is C60H37NO. The molecule has 11 aromatic carbocycles. The third-order valence-corrected chi connectivity index (χ3v) is 13.0. The highest BCUT2D eigenvalue weighted by Gasteiger charge is 2.20. The summed E-state index contributed by atoms with van der Waals surface area (Å²) >= 11 is 0. The summed E-state index contributed by atoms with van der Waals surface area (Å²) in [6.07, 6.45) is 0. The molecule has 0 radical (unpaired) electrons. The van der Waals surface area contributed by atoms with Gasteiger partial charge in [-0.15, -0.1) is 0 Å². The third-order valence-electron chi connectivity index (χ3n) is 13.0. The highest BCUT2D eigenvalue weighted by molar-refractivity contribution is 6.21. The van der Waals surface area contributed by atoms with Crippen molar-refractivity contribution in [3.63, 3.8) is 0 Å². The number of para-hydroxylation sites is 3. The van der Waals surface area contributed by atoms with Gasteiger partial charge in [0.2, 0.25) is 0 Å². The molecule has 0 saturated carbocycles. The summed E-state index contributed by atoms with van der Waals surface area (Å²) in [5, 5.41) is 12.2. The molecular weight excluding hydrogens is 751 g/mol. The van der Waals surface area contributed by atoms with E-state index in [9.17, 15) is 0 Å². The Morgan fingerprint density at radius 3 is 1.39 bits per heavy atom. The van der Waals surface area contributed by atoms with E-state index in [0.717, 1.165) is 49.9 Å². The van der Waals surface area contributed by atoms with E-state index in [0.29, 0.717) is 0 Å². The van der Waals surface area contributed by atoms with Gasteiger partial charge >= 0.3 is 0 Å². The number of fused-ring (bicyclic) bond motifs is 9. The zero-order valence-corrected chi connectivity index (χ0v) is 33.7. The van der Waals surface area contributed by atoms with Gasteiger partial charge in [-0.1, -0.05) is 188 Å². The minimum atomic E-state index is 0.909. The van der Waals surface area contributed by atoms with Gasteiger partial charge in [-0.3, -0.25) is 0 Å². The molecule has 0 bridgehead atoms. The molecule has 0 spiro atoms. The number of hydrogen-bond donors (Lipinski definition) is 0. The van der Waals surface area contributed by atoms with Gasteiger partial charge in [0.15, 0.2) is 0 Å². The van der Waals surface area contributed by atoms with Crippen LogP contribution >= 0.6 is 0 Å². The average Bonchev–Trinajstić information content (AvgIpc) is 3.89. The molecule has 13 rings (SSSR count). The molecule has 0 aliphatic heterocycles. The van der Waals surface area contributed by atoms with Gasteiger partial charge in [-0.2, -0.15) is 0 Å². The Balaban J connectivity index is 0.941. The lowest BCUT2D eigenvalue weighted by atomic mass is 9.86. The number of nitrogens with zero attached hydrogens (tertiary/aromatic N) is 1. The molecule has 13 aromatic rings. The fourth-order valence-corrected chi connectivity index (χ4v) is 10.2. The van der Waals surface area contributed by atoms with Crippen LogP contribution in [0.15, 0.2) is 229 Å². The standard InChI is InChI=1S/C60H37NO/c1-2-15-39(16-3-1)57-48-19-6-8-21-50(48)58(51-22-9-7-20-49(51)57)40-30-33-44(34-31-40)61-55-27-11-10-18-47(55)54-37-43(32-35-56(54)61)46-24-13-26-53-52-25-12-23-45(59(52)62-60(46)53)42-29-28-38-14-4-5-17-41(38)36-42/h1-37H. The van der Waals surface area contributed by atoms with Crippen molar-refractivity contribution < 1.29 is 4.42 Å². The monoisotopic (exact) mass is 787 g/mol. The maximum Gasteiger partial charge on any atom is 0.143 e. The number of furan rings is 1. The Labute approximate surface area is 358 Å². The normalized spacial score (nSPS) is 11.9. The number of benzene rings is 11. The predicted octanol–water partition coefficient (Wildman–Crippen LogP) is 16.8. The highest BCUT2D eigenvalue weighted by Crippen LogP contribution is 2.45. The van der Waals surface area contributed by atoms with Crippen molar-refractivity contribution >= 4 is 76.1 Å². The fraction of sp³-hybridized carbons (Fsp3) is 0. The first-order chi connectivity index (χ1) is 30.8. The van der Waals surface area contributed by atoms with Crippen LogP contribution in [0.3, 0.4) is 0 Å². The lowest BCUT2D eigenvalue weighted by Gasteiger charge is -2.18. The quantitative estimate of drug-likeness (QED) is 0.159. The average molecular weight is 788 g/mol. The van der Waals surface area contributed by atoms with Gasteiger partial charge in [-0.05, 0) is 102 Å². The van der Waals surface area contributed by atoms with Gasteiger partial charge in [0.1, 0.15) is 11.2 Å². The topological polar surface area (TPSA) is 18.1 Å². The van der Waals surface area contributed by atoms with Gasteiger partial charge in [-0.25, -0.2) is 0 Å². The Morgan fingerprint density at radius 1 is 0.274 bits per heavy atom. The second kappa shape index (κ2) is 13.7. The van der Waals surface area contributed by atoms with E-state index in [1.165, 1.54) is 76.4 Å². The lowest BCUT2D eigenvalue weighted by molar-refractivity contribution is 0.671. The Kier molecular flexibility index (Phi) is 7.64. The van der Waals surface area contributed by atoms with E-state index in [1.807, 2.05) is 0 Å². The molecule has 0 fully saturated rings. The van der Waals surface area contributed by atoms with Crippen molar-refractivity contribution in [1.29, 1.82) is 0 Å². The van der Waals surface area contributed by atoms with E-state index in [4.69, 9.17) is 4.42 Å². The molecule has 62 heavy (non-hydrogen) atoms. The zero-order chi connectivity index (χ0) is 40.7. The van der Waals surface area contributed by atoms with Crippen LogP contribution < -0.4 is 0 Å². The summed E-state index contributed by atoms with van der Waals surface area (Å²) in [6, 6.07) is 81.6. The molecule has 288 valence electrons. The fourth-order valence-electron chi connectivity index (χ4n) is 10.2. The predicted molar refractivity (Wildman–Crippen MR) is 262 cm³/mol. The summed E-state index contributed by atoms with van der Waals surface area (Å²) < 4.78 is 9.34. The molecule has 2 aromatic heterocycles. The van der Waals surface area contributed by atoms with E-state index >= 15 is 0 Å². The minimum Gasteiger partial charge on any atom is -0.455 e. The molecule has 0 saturated heterocycles. The van der Waals surface area contributed by atoms with Crippen molar-refractivity contribution in [1.82, 2.24) is 4.57 Å². The number of rotatable bonds is 5. The molecule has 0 unspecified atom stereocenters. The summed E-state index contributed by atoms with van der Waals surface area (Å²) in [5.41, 5.74) is 14.7. The van der Waals surface area contributed by atoms with Crippen LogP contribution in [0.5, 0.6) is 0 Å². The summed E-state index contributed by atoms with van der Waals surface area (Å²) in [6.45, 7) is 0. The highest BCUT2D eigenvalue weighted by atomic mass is 16.3. The van der Waals surface area contributed by atoms with Crippen molar-refractivity contribution in [3.05, 3.63) is 224 Å². The van der Waals surface area contributed by atoms with Crippen LogP contribution in [0.1, 0.15) is 0 Å². The number of hydrogen-bond acceptors (Lipinski definition) is 1. The Morgan fingerprint density at radius 2 is 0.742 bits per heavy atom. The molecule has 2 heterocycles. The SMILES string of the molecule is c1ccc(-c2c3ccccc3c(-c3ccc(-n4c5ccccc5c5cc(-c6cccc7c6oc6c(-c8ccc9ccccc9c8)cccc67)ccc54)cc3)c3ccccc23)cc1. The molecule has 0 atom stereocenters. The molecule has 0 N–H and O–H groups in total. The summed E-state index contributed by atoms with van der Waals surface area (Å²) in [7, 11) is 0.